The number of alkyl halides is 3. The molecule has 0 aliphatic carbocycles. The van der Waals surface area contributed by atoms with Gasteiger partial charge in [0.15, 0.2) is 6.10 Å². The smallest absolute Gasteiger partial charge is 0.416 e. The maximum atomic E-state index is 12.8. The van der Waals surface area contributed by atoms with Crippen LogP contribution in [0.25, 0.3) is 0 Å². The first kappa shape index (κ1) is 22.8. The number of aromatic nitrogens is 2. The van der Waals surface area contributed by atoms with E-state index in [-0.39, 0.29) is 22.2 Å². The van der Waals surface area contributed by atoms with Gasteiger partial charge in [0.1, 0.15) is 6.04 Å². The Hall–Kier alpha value is -2.92. The Balaban J connectivity index is 2.11. The fourth-order valence-corrected chi connectivity index (χ4v) is 3.76. The molecule has 0 spiro atoms. The third-order valence-corrected chi connectivity index (χ3v) is 5.78. The van der Waals surface area contributed by atoms with Gasteiger partial charge in [-0.1, -0.05) is 29.8 Å². The lowest BCUT2D eigenvalue weighted by atomic mass is 10.0. The maximum Gasteiger partial charge on any atom is 0.416 e. The molecule has 0 saturated heterocycles. The van der Waals surface area contributed by atoms with Crippen molar-refractivity contribution in [3.63, 3.8) is 0 Å². The van der Waals surface area contributed by atoms with E-state index in [0.717, 1.165) is 29.8 Å². The van der Waals surface area contributed by atoms with Gasteiger partial charge in [-0.25, -0.2) is 4.68 Å². The van der Waals surface area contributed by atoms with Crippen LogP contribution in [0.3, 0.4) is 0 Å². The Labute approximate surface area is 176 Å². The molecule has 0 amide bonds. The van der Waals surface area contributed by atoms with Crippen LogP contribution in [-0.4, -0.2) is 13.5 Å². The number of nitrogens with zero attached hydrogens (tertiary/aromatic N) is 3. The summed E-state index contributed by atoms with van der Waals surface area (Å²) >= 11 is 0. The van der Waals surface area contributed by atoms with Crippen molar-refractivity contribution in [2.24, 2.45) is 4.40 Å². The number of hydrogen-bond donors (Lipinski definition) is 1. The van der Waals surface area contributed by atoms with E-state index in [2.05, 4.69) is 9.67 Å². The summed E-state index contributed by atoms with van der Waals surface area (Å²) < 4.78 is 73.8. The number of sulfonamides is 1. The van der Waals surface area contributed by atoms with E-state index in [1.165, 1.54) is 16.8 Å². The summed E-state index contributed by atoms with van der Waals surface area (Å²) in [7, 11) is -4.19. The molecule has 2 aromatic carbocycles. The first-order valence-electron chi connectivity index (χ1n) is 9.21. The van der Waals surface area contributed by atoms with Crippen molar-refractivity contribution in [2.75, 3.05) is 0 Å². The Morgan fingerprint density at radius 3 is 2.16 bits per heavy atom. The van der Waals surface area contributed by atoms with E-state index in [1.54, 1.807) is 32.9 Å². The van der Waals surface area contributed by atoms with E-state index in [0.29, 0.717) is 0 Å². The molecule has 11 heteroatoms. The van der Waals surface area contributed by atoms with E-state index < -0.39 is 33.4 Å². The van der Waals surface area contributed by atoms with Crippen LogP contribution in [0.1, 0.15) is 48.4 Å². The Kier molecular flexibility index (Phi) is 6.10. The fraction of sp³-hybridized carbons (Fsp3) is 0.300. The standard InChI is InChI=1S/C20H20F3N3O4S/c1-12(2)26-17(18(27)14-6-8-15(9-7-14)20(21,22)23)19(30-25-26)24-31(28,29)16-10-4-13(3)5-11-16/h4-12,18,27H,1-3H3/b24-19-. The first-order chi connectivity index (χ1) is 14.4. The average Bonchev–Trinajstić information content (AvgIpc) is 3.10. The van der Waals surface area contributed by atoms with Gasteiger partial charge < -0.3 is 9.63 Å². The zero-order valence-electron chi connectivity index (χ0n) is 16.8. The lowest BCUT2D eigenvalue weighted by Crippen LogP contribution is -2.46. The molecule has 0 aliphatic heterocycles. The maximum absolute atomic E-state index is 12.8. The van der Waals surface area contributed by atoms with Crippen LogP contribution in [0, 0.1) is 6.92 Å². The van der Waals surface area contributed by atoms with Gasteiger partial charge in [-0.3, -0.25) is 5.27 Å². The molecule has 0 radical (unpaired) electrons. The molecule has 3 aromatic rings. The van der Waals surface area contributed by atoms with E-state index in [4.69, 9.17) is 4.52 Å². The molecule has 1 N–H and O–H groups in total. The molecule has 1 aromatic heterocycles. The van der Waals surface area contributed by atoms with Crippen LogP contribution in [0.5, 0.6) is 0 Å². The number of rotatable bonds is 5. The second-order valence-electron chi connectivity index (χ2n) is 7.20. The summed E-state index contributed by atoms with van der Waals surface area (Å²) in [6.45, 7) is 5.22. The summed E-state index contributed by atoms with van der Waals surface area (Å²) in [5.74, 6) is 0. The van der Waals surface area contributed by atoms with Crippen LogP contribution >= 0.6 is 0 Å². The lowest BCUT2D eigenvalue weighted by Gasteiger charge is -2.12. The fourth-order valence-electron chi connectivity index (χ4n) is 2.83. The average molecular weight is 455 g/mol. The topological polar surface area (TPSA) is 97.9 Å². The molecule has 1 heterocycles. The number of aliphatic hydroxyl groups is 1. The highest BCUT2D eigenvalue weighted by molar-refractivity contribution is 7.90. The van der Waals surface area contributed by atoms with Crippen molar-refractivity contribution >= 4 is 10.0 Å². The van der Waals surface area contributed by atoms with Gasteiger partial charge in [-0.05, 0) is 50.6 Å². The summed E-state index contributed by atoms with van der Waals surface area (Å²) in [5.41, 5.74) is -0.478. The third kappa shape index (κ3) is 4.88. The second-order valence-corrected chi connectivity index (χ2v) is 8.81. The largest absolute Gasteiger partial charge is 0.486 e. The predicted molar refractivity (Wildman–Crippen MR) is 102 cm³/mol. The molecule has 1 atom stereocenters. The van der Waals surface area contributed by atoms with E-state index >= 15 is 0 Å². The monoisotopic (exact) mass is 455 g/mol. The number of hydrogen-bond acceptors (Lipinski definition) is 4. The molecule has 7 nitrogen and oxygen atoms in total. The summed E-state index contributed by atoms with van der Waals surface area (Å²) in [6, 6.07) is 9.47. The van der Waals surface area contributed by atoms with Gasteiger partial charge in [-0.2, -0.15) is 21.6 Å². The van der Waals surface area contributed by atoms with Gasteiger partial charge in [0.05, 0.1) is 10.5 Å². The van der Waals surface area contributed by atoms with Crippen molar-refractivity contribution in [1.82, 2.24) is 5.27 Å². The molecule has 0 aliphatic rings. The number of aliphatic hydroxyl groups excluding tert-OH is 1. The van der Waals surface area contributed by atoms with Gasteiger partial charge in [0.2, 0.25) is 0 Å². The molecule has 166 valence electrons. The molecule has 0 fully saturated rings. The van der Waals surface area contributed by atoms with Crippen LogP contribution < -0.4 is 15.5 Å². The molecule has 0 saturated carbocycles. The minimum absolute atomic E-state index is 0.0828. The molecule has 0 bridgehead atoms. The van der Waals surface area contributed by atoms with Crippen LogP contribution in [0.4, 0.5) is 13.2 Å². The summed E-state index contributed by atoms with van der Waals surface area (Å²) in [5, 5.41) is 14.6. The highest BCUT2D eigenvalue weighted by atomic mass is 32.2. The zero-order chi connectivity index (χ0) is 23.0. The van der Waals surface area contributed by atoms with Gasteiger partial charge in [0.25, 0.3) is 21.3 Å². The lowest BCUT2D eigenvalue weighted by molar-refractivity contribution is -0.792. The van der Waals surface area contributed by atoms with E-state index in [1.807, 2.05) is 0 Å². The van der Waals surface area contributed by atoms with Crippen LogP contribution in [0.2, 0.25) is 0 Å². The number of aryl methyl sites for hydroxylation is 1. The summed E-state index contributed by atoms with van der Waals surface area (Å²) in [4.78, 5) is -0.0828. The van der Waals surface area contributed by atoms with Gasteiger partial charge >= 0.3 is 6.18 Å². The van der Waals surface area contributed by atoms with Crippen molar-refractivity contribution in [3.8, 4) is 0 Å². The molecule has 31 heavy (non-hydrogen) atoms. The van der Waals surface area contributed by atoms with Crippen LogP contribution in [-0.2, 0) is 16.2 Å². The zero-order valence-corrected chi connectivity index (χ0v) is 17.6. The van der Waals surface area contributed by atoms with Gasteiger partial charge in [0, 0.05) is 0 Å². The molecule has 3 rings (SSSR count). The molecular formula is C20H20F3N3O4S. The number of halogens is 3. The van der Waals surface area contributed by atoms with Crippen molar-refractivity contribution in [3.05, 3.63) is 76.5 Å². The first-order valence-corrected chi connectivity index (χ1v) is 10.7. The Morgan fingerprint density at radius 1 is 1.06 bits per heavy atom. The van der Waals surface area contributed by atoms with Crippen LogP contribution in [0.15, 0.2) is 62.3 Å². The summed E-state index contributed by atoms with van der Waals surface area (Å²) in [6.07, 6.45) is -6.05. The quantitative estimate of drug-likeness (QED) is 0.597. The van der Waals surface area contributed by atoms with Crippen molar-refractivity contribution < 1.29 is 35.9 Å². The normalized spacial score (nSPS) is 14.3. The Morgan fingerprint density at radius 2 is 1.65 bits per heavy atom. The predicted octanol–water partition coefficient (Wildman–Crippen LogP) is 2.80. The van der Waals surface area contributed by atoms with E-state index in [9.17, 15) is 26.7 Å². The van der Waals surface area contributed by atoms with Gasteiger partial charge in [-0.15, -0.1) is 4.40 Å². The highest BCUT2D eigenvalue weighted by Crippen LogP contribution is 2.30. The van der Waals surface area contributed by atoms with Crippen molar-refractivity contribution in [2.45, 2.75) is 44.0 Å². The third-order valence-electron chi connectivity index (χ3n) is 4.51. The minimum atomic E-state index is -4.53. The minimum Gasteiger partial charge on any atom is -0.486 e. The second kappa shape index (κ2) is 8.31. The Bertz CT molecular complexity index is 1230. The SMILES string of the molecule is Cc1ccc(S(=O)(=O)/N=c2\o[n-][n+](C(C)C)c2C(O)c2ccc(C(F)(F)F)cc2)cc1. The molecular weight excluding hydrogens is 435 g/mol. The van der Waals surface area contributed by atoms with Crippen molar-refractivity contribution in [1.29, 1.82) is 0 Å². The number of benzene rings is 2. The molecule has 1 unspecified atom stereocenters. The highest BCUT2D eigenvalue weighted by Gasteiger charge is 2.32.